The number of carbonyl (C=O) groups is 2. The van der Waals surface area contributed by atoms with Crippen molar-refractivity contribution >= 4 is 17.5 Å². The molecule has 1 aromatic carbocycles. The maximum Gasteiger partial charge on any atom is 0.240 e. The lowest BCUT2D eigenvalue weighted by Crippen LogP contribution is -2.45. The van der Waals surface area contributed by atoms with Crippen LogP contribution in [0.1, 0.15) is 44.9 Å². The van der Waals surface area contributed by atoms with Crippen LogP contribution in [0.4, 0.5) is 5.69 Å². The smallest absolute Gasteiger partial charge is 0.240 e. The molecule has 0 saturated heterocycles. The lowest BCUT2D eigenvalue weighted by atomic mass is 9.94. The first-order valence-corrected chi connectivity index (χ1v) is 8.02. The predicted molar refractivity (Wildman–Crippen MR) is 83.4 cm³/mol. The van der Waals surface area contributed by atoms with Gasteiger partial charge in [0.25, 0.3) is 0 Å². The Morgan fingerprint density at radius 2 is 1.64 bits per heavy atom. The van der Waals surface area contributed by atoms with E-state index in [1.165, 1.54) is 18.6 Å². The van der Waals surface area contributed by atoms with E-state index in [1.807, 2.05) is 0 Å². The van der Waals surface area contributed by atoms with E-state index in [9.17, 15) is 14.7 Å². The van der Waals surface area contributed by atoms with E-state index < -0.39 is 5.41 Å². The molecule has 2 amide bonds. The van der Waals surface area contributed by atoms with Crippen LogP contribution in [0.2, 0.25) is 0 Å². The summed E-state index contributed by atoms with van der Waals surface area (Å²) in [6.45, 7) is 0. The summed E-state index contributed by atoms with van der Waals surface area (Å²) >= 11 is 0. The third-order valence-corrected chi connectivity index (χ3v) is 4.68. The average molecular weight is 302 g/mol. The Balaban J connectivity index is 1.60. The molecule has 0 spiro atoms. The standard InChI is InChI=1S/C17H22N2O3/c20-14-8-6-13(7-9-14)19-16(22)17(10-11-17)15(21)18-12-4-2-1-3-5-12/h6-9,12,20H,1-5,10-11H2,(H,18,21)(H,19,22). The zero-order valence-electron chi connectivity index (χ0n) is 12.6. The van der Waals surface area contributed by atoms with E-state index in [-0.39, 0.29) is 23.6 Å². The number of hydrogen-bond donors (Lipinski definition) is 3. The minimum Gasteiger partial charge on any atom is -0.508 e. The molecule has 3 rings (SSSR count). The maximum absolute atomic E-state index is 12.5. The van der Waals surface area contributed by atoms with Crippen LogP contribution in [0.5, 0.6) is 5.75 Å². The number of aromatic hydroxyl groups is 1. The summed E-state index contributed by atoms with van der Waals surface area (Å²) in [6.07, 6.45) is 6.78. The van der Waals surface area contributed by atoms with Gasteiger partial charge in [0.15, 0.2) is 0 Å². The van der Waals surface area contributed by atoms with Crippen molar-refractivity contribution in [2.24, 2.45) is 5.41 Å². The summed E-state index contributed by atoms with van der Waals surface area (Å²) in [5.74, 6) is -0.226. The molecule has 2 fully saturated rings. The summed E-state index contributed by atoms with van der Waals surface area (Å²) in [7, 11) is 0. The SMILES string of the molecule is O=C(Nc1ccc(O)cc1)C1(C(=O)NC2CCCCC2)CC1. The van der Waals surface area contributed by atoms with Crippen molar-refractivity contribution < 1.29 is 14.7 Å². The number of nitrogens with one attached hydrogen (secondary N) is 2. The third kappa shape index (κ3) is 3.08. The normalized spacial score (nSPS) is 20.2. The molecule has 0 radical (unpaired) electrons. The Labute approximate surface area is 130 Å². The number of phenolic OH excluding ortho intramolecular Hbond substituents is 1. The van der Waals surface area contributed by atoms with Crippen LogP contribution in [0, 0.1) is 5.41 Å². The molecule has 0 heterocycles. The largest absolute Gasteiger partial charge is 0.508 e. The van der Waals surface area contributed by atoms with Gasteiger partial charge in [-0.05, 0) is 49.9 Å². The van der Waals surface area contributed by atoms with Crippen LogP contribution in [0.3, 0.4) is 0 Å². The Morgan fingerprint density at radius 1 is 1.00 bits per heavy atom. The van der Waals surface area contributed by atoms with Crippen LogP contribution in [-0.2, 0) is 9.59 Å². The van der Waals surface area contributed by atoms with Gasteiger partial charge in [-0.2, -0.15) is 0 Å². The Kier molecular flexibility index (Phi) is 4.05. The second-order valence-corrected chi connectivity index (χ2v) is 6.39. The fourth-order valence-electron chi connectivity index (χ4n) is 3.05. The molecule has 1 aromatic rings. The molecule has 118 valence electrons. The Morgan fingerprint density at radius 3 is 2.23 bits per heavy atom. The van der Waals surface area contributed by atoms with Crippen molar-refractivity contribution in [1.29, 1.82) is 0 Å². The number of benzene rings is 1. The molecular weight excluding hydrogens is 280 g/mol. The third-order valence-electron chi connectivity index (χ3n) is 4.68. The molecule has 2 aliphatic rings. The van der Waals surface area contributed by atoms with Crippen molar-refractivity contribution in [3.05, 3.63) is 24.3 Å². The highest BCUT2D eigenvalue weighted by Gasteiger charge is 2.56. The van der Waals surface area contributed by atoms with Crippen molar-refractivity contribution in [1.82, 2.24) is 5.32 Å². The van der Waals surface area contributed by atoms with E-state index in [2.05, 4.69) is 10.6 Å². The number of amides is 2. The molecule has 5 heteroatoms. The van der Waals surface area contributed by atoms with Crippen LogP contribution in [0.25, 0.3) is 0 Å². The molecular formula is C17H22N2O3. The summed E-state index contributed by atoms with van der Waals surface area (Å²) < 4.78 is 0. The van der Waals surface area contributed by atoms with E-state index in [0.29, 0.717) is 18.5 Å². The lowest BCUT2D eigenvalue weighted by molar-refractivity contribution is -0.135. The van der Waals surface area contributed by atoms with Gasteiger partial charge >= 0.3 is 0 Å². The fourth-order valence-corrected chi connectivity index (χ4v) is 3.05. The van der Waals surface area contributed by atoms with Gasteiger partial charge in [0.1, 0.15) is 11.2 Å². The lowest BCUT2D eigenvalue weighted by Gasteiger charge is -2.25. The molecule has 0 unspecified atom stereocenters. The number of hydrogen-bond acceptors (Lipinski definition) is 3. The van der Waals surface area contributed by atoms with Gasteiger partial charge in [0, 0.05) is 11.7 Å². The van der Waals surface area contributed by atoms with Crippen LogP contribution in [0.15, 0.2) is 24.3 Å². The van der Waals surface area contributed by atoms with Crippen LogP contribution >= 0.6 is 0 Å². The minimum atomic E-state index is -0.894. The second kappa shape index (κ2) is 5.99. The van der Waals surface area contributed by atoms with Crippen LogP contribution < -0.4 is 10.6 Å². The van der Waals surface area contributed by atoms with Gasteiger partial charge in [0.05, 0.1) is 0 Å². The van der Waals surface area contributed by atoms with Gasteiger partial charge in [-0.1, -0.05) is 19.3 Å². The first-order valence-electron chi connectivity index (χ1n) is 8.02. The van der Waals surface area contributed by atoms with Crippen molar-refractivity contribution in [2.75, 3.05) is 5.32 Å². The number of rotatable bonds is 4. The van der Waals surface area contributed by atoms with E-state index in [1.54, 1.807) is 12.1 Å². The monoisotopic (exact) mass is 302 g/mol. The summed E-state index contributed by atoms with van der Waals surface area (Å²) in [5, 5.41) is 15.1. The molecule has 2 saturated carbocycles. The molecule has 22 heavy (non-hydrogen) atoms. The minimum absolute atomic E-state index is 0.129. The molecule has 0 aliphatic heterocycles. The topological polar surface area (TPSA) is 78.4 Å². The molecule has 5 nitrogen and oxygen atoms in total. The summed E-state index contributed by atoms with van der Waals surface area (Å²) in [5.41, 5.74) is -0.297. The maximum atomic E-state index is 12.5. The molecule has 0 aromatic heterocycles. The van der Waals surface area contributed by atoms with Gasteiger partial charge < -0.3 is 15.7 Å². The van der Waals surface area contributed by atoms with E-state index in [0.717, 1.165) is 25.7 Å². The first-order chi connectivity index (χ1) is 10.6. The van der Waals surface area contributed by atoms with Gasteiger partial charge in [-0.15, -0.1) is 0 Å². The number of anilines is 1. The molecule has 2 aliphatic carbocycles. The Bertz CT molecular complexity index is 558. The van der Waals surface area contributed by atoms with Crippen molar-refractivity contribution in [3.63, 3.8) is 0 Å². The highest BCUT2D eigenvalue weighted by molar-refractivity contribution is 6.13. The van der Waals surface area contributed by atoms with Crippen molar-refractivity contribution in [3.8, 4) is 5.75 Å². The van der Waals surface area contributed by atoms with Gasteiger partial charge in [-0.25, -0.2) is 0 Å². The van der Waals surface area contributed by atoms with Crippen molar-refractivity contribution in [2.45, 2.75) is 51.0 Å². The number of phenols is 1. The van der Waals surface area contributed by atoms with E-state index in [4.69, 9.17) is 0 Å². The average Bonchev–Trinajstić information content (AvgIpc) is 3.32. The fraction of sp³-hybridized carbons (Fsp3) is 0.529. The van der Waals surface area contributed by atoms with Gasteiger partial charge in [-0.3, -0.25) is 9.59 Å². The zero-order valence-corrected chi connectivity index (χ0v) is 12.6. The zero-order chi connectivity index (χ0) is 15.6. The molecule has 0 bridgehead atoms. The van der Waals surface area contributed by atoms with Crippen LogP contribution in [-0.4, -0.2) is 23.0 Å². The van der Waals surface area contributed by atoms with E-state index >= 15 is 0 Å². The molecule has 0 atom stereocenters. The number of carbonyl (C=O) groups excluding carboxylic acids is 2. The summed E-state index contributed by atoms with van der Waals surface area (Å²) in [4.78, 5) is 24.9. The quantitative estimate of drug-likeness (QED) is 0.591. The predicted octanol–water partition coefficient (Wildman–Crippen LogP) is 2.56. The highest BCUT2D eigenvalue weighted by Crippen LogP contribution is 2.47. The van der Waals surface area contributed by atoms with Gasteiger partial charge in [0.2, 0.25) is 11.8 Å². The Hall–Kier alpha value is -2.04. The first kappa shape index (κ1) is 14.9. The second-order valence-electron chi connectivity index (χ2n) is 6.39. The highest BCUT2D eigenvalue weighted by atomic mass is 16.3. The molecule has 3 N–H and O–H groups in total. The summed E-state index contributed by atoms with van der Waals surface area (Å²) in [6, 6.07) is 6.50.